The molecule has 1 aromatic carbocycles. The van der Waals surface area contributed by atoms with Gasteiger partial charge in [-0.1, -0.05) is 0 Å². The number of hydrogen-bond donors (Lipinski definition) is 3. The number of anilines is 3. The minimum Gasteiger partial charge on any atom is -0.461 e. The van der Waals surface area contributed by atoms with Gasteiger partial charge in [0.1, 0.15) is 0 Å². The van der Waals surface area contributed by atoms with Gasteiger partial charge in [-0.3, -0.25) is 5.43 Å². The molecule has 4 N–H and O–H groups in total. The van der Waals surface area contributed by atoms with Crippen LogP contribution in [0.5, 0.6) is 6.01 Å². The summed E-state index contributed by atoms with van der Waals surface area (Å²) in [5, 5.41) is 3.10. The number of ether oxygens (including phenoxy) is 1. The van der Waals surface area contributed by atoms with Crippen molar-refractivity contribution in [3.63, 3.8) is 0 Å². The number of hydrazine groups is 1. The van der Waals surface area contributed by atoms with Crippen LogP contribution in [0.1, 0.15) is 13.8 Å². The van der Waals surface area contributed by atoms with Crippen LogP contribution in [-0.2, 0) is 0 Å². The largest absolute Gasteiger partial charge is 0.461 e. The summed E-state index contributed by atoms with van der Waals surface area (Å²) in [6.07, 6.45) is 2.00. The Morgan fingerprint density at radius 3 is 2.33 bits per heavy atom. The Bertz CT molecular complexity index is 590. The summed E-state index contributed by atoms with van der Waals surface area (Å²) in [6, 6.07) is 8.16. The van der Waals surface area contributed by atoms with Crippen molar-refractivity contribution in [1.29, 1.82) is 0 Å². The molecule has 0 saturated carbocycles. The maximum Gasteiger partial charge on any atom is 0.323 e. The first kappa shape index (κ1) is 15.3. The van der Waals surface area contributed by atoms with Gasteiger partial charge in [0, 0.05) is 10.6 Å². The molecule has 2 rings (SSSR count). The van der Waals surface area contributed by atoms with Crippen molar-refractivity contribution in [1.82, 2.24) is 15.0 Å². The zero-order valence-corrected chi connectivity index (χ0v) is 12.9. The molecule has 112 valence electrons. The maximum atomic E-state index is 5.47. The standard InChI is InChI=1S/C13H18N6OS/c1-8(2)20-13-17-11(16-12(18-13)19-14)15-9-4-6-10(21-3)7-5-9/h4-8H,14H2,1-3H3,(H2,15,16,17,18,19). The van der Waals surface area contributed by atoms with Crippen LogP contribution in [0, 0.1) is 0 Å². The second-order valence-corrected chi connectivity index (χ2v) is 5.31. The maximum absolute atomic E-state index is 5.47. The Balaban J connectivity index is 2.20. The highest BCUT2D eigenvalue weighted by Gasteiger charge is 2.08. The number of nitrogens with one attached hydrogen (secondary N) is 2. The second-order valence-electron chi connectivity index (χ2n) is 4.43. The van der Waals surface area contributed by atoms with Gasteiger partial charge < -0.3 is 10.1 Å². The molecule has 0 spiro atoms. The lowest BCUT2D eigenvalue weighted by Crippen LogP contribution is -2.15. The summed E-state index contributed by atoms with van der Waals surface area (Å²) in [6.45, 7) is 3.79. The lowest BCUT2D eigenvalue weighted by molar-refractivity contribution is 0.222. The molecule has 0 saturated heterocycles. The monoisotopic (exact) mass is 306 g/mol. The molecule has 2 aromatic rings. The van der Waals surface area contributed by atoms with Gasteiger partial charge in [0.2, 0.25) is 11.9 Å². The van der Waals surface area contributed by atoms with Crippen LogP contribution in [0.2, 0.25) is 0 Å². The SMILES string of the molecule is CSc1ccc(Nc2nc(NN)nc(OC(C)C)n2)cc1. The van der Waals surface area contributed by atoms with E-state index in [1.807, 2.05) is 44.4 Å². The van der Waals surface area contributed by atoms with Crippen molar-refractivity contribution in [3.8, 4) is 6.01 Å². The lowest BCUT2D eigenvalue weighted by atomic mass is 10.3. The van der Waals surface area contributed by atoms with E-state index in [1.54, 1.807) is 11.8 Å². The van der Waals surface area contributed by atoms with E-state index in [0.29, 0.717) is 5.95 Å². The molecule has 0 fully saturated rings. The fourth-order valence-corrected chi connectivity index (χ4v) is 1.95. The molecule has 21 heavy (non-hydrogen) atoms. The number of thioether (sulfide) groups is 1. The molecule has 0 aliphatic heterocycles. The van der Waals surface area contributed by atoms with E-state index in [4.69, 9.17) is 10.6 Å². The van der Waals surface area contributed by atoms with E-state index in [1.165, 1.54) is 4.90 Å². The average Bonchev–Trinajstić information content (AvgIpc) is 2.47. The normalized spacial score (nSPS) is 10.5. The zero-order valence-electron chi connectivity index (χ0n) is 12.1. The number of rotatable bonds is 6. The quantitative estimate of drug-likeness (QED) is 0.425. The fraction of sp³-hybridized carbons (Fsp3) is 0.308. The van der Waals surface area contributed by atoms with Crippen LogP contribution in [0.25, 0.3) is 0 Å². The highest BCUT2D eigenvalue weighted by Crippen LogP contribution is 2.20. The third kappa shape index (κ3) is 4.47. The molecule has 0 bridgehead atoms. The molecule has 0 atom stereocenters. The van der Waals surface area contributed by atoms with Gasteiger partial charge in [-0.2, -0.15) is 15.0 Å². The van der Waals surface area contributed by atoms with Gasteiger partial charge in [-0.25, -0.2) is 5.84 Å². The Morgan fingerprint density at radius 1 is 1.10 bits per heavy atom. The van der Waals surface area contributed by atoms with Crippen LogP contribution in [0.4, 0.5) is 17.6 Å². The highest BCUT2D eigenvalue weighted by atomic mass is 32.2. The molecule has 0 unspecified atom stereocenters. The molecule has 7 nitrogen and oxygen atoms in total. The third-order valence-electron chi connectivity index (χ3n) is 2.43. The fourth-order valence-electron chi connectivity index (χ4n) is 1.54. The number of nitrogens with two attached hydrogens (primary N) is 1. The Morgan fingerprint density at radius 2 is 1.76 bits per heavy atom. The number of hydrogen-bond acceptors (Lipinski definition) is 8. The number of benzene rings is 1. The van der Waals surface area contributed by atoms with Crippen molar-refractivity contribution >= 4 is 29.3 Å². The minimum absolute atomic E-state index is 0.0354. The van der Waals surface area contributed by atoms with E-state index in [2.05, 4.69) is 25.7 Å². The summed E-state index contributed by atoms with van der Waals surface area (Å²) in [5.41, 5.74) is 3.27. The van der Waals surface area contributed by atoms with Gasteiger partial charge >= 0.3 is 6.01 Å². The predicted octanol–water partition coefficient (Wildman–Crippen LogP) is 2.41. The van der Waals surface area contributed by atoms with Crippen LogP contribution < -0.4 is 21.3 Å². The molecule has 8 heteroatoms. The number of aromatic nitrogens is 3. The van der Waals surface area contributed by atoms with Gasteiger partial charge in [-0.05, 0) is 44.4 Å². The summed E-state index contributed by atoms with van der Waals surface area (Å²) >= 11 is 1.68. The van der Waals surface area contributed by atoms with Crippen LogP contribution >= 0.6 is 11.8 Å². The molecular weight excluding hydrogens is 288 g/mol. The van der Waals surface area contributed by atoms with E-state index in [0.717, 1.165) is 5.69 Å². The van der Waals surface area contributed by atoms with Crippen LogP contribution in [0.15, 0.2) is 29.2 Å². The first-order valence-electron chi connectivity index (χ1n) is 6.41. The number of nitrogen functional groups attached to an aromatic ring is 1. The summed E-state index contributed by atoms with van der Waals surface area (Å²) < 4.78 is 5.47. The minimum atomic E-state index is -0.0354. The summed E-state index contributed by atoms with van der Waals surface area (Å²) in [7, 11) is 0. The van der Waals surface area contributed by atoms with Crippen LogP contribution in [0.3, 0.4) is 0 Å². The first-order chi connectivity index (χ1) is 10.1. The van der Waals surface area contributed by atoms with Crippen molar-refractivity contribution < 1.29 is 4.74 Å². The lowest BCUT2D eigenvalue weighted by Gasteiger charge is -2.11. The smallest absolute Gasteiger partial charge is 0.323 e. The molecule has 0 radical (unpaired) electrons. The van der Waals surface area contributed by atoms with Crippen molar-refractivity contribution in [2.45, 2.75) is 24.8 Å². The van der Waals surface area contributed by atoms with E-state index >= 15 is 0 Å². The molecule has 1 heterocycles. The van der Waals surface area contributed by atoms with Crippen LogP contribution in [-0.4, -0.2) is 27.3 Å². The van der Waals surface area contributed by atoms with Gasteiger partial charge in [-0.15, -0.1) is 11.8 Å². The van der Waals surface area contributed by atoms with E-state index in [-0.39, 0.29) is 18.1 Å². The Kier molecular flexibility index (Phi) is 5.18. The zero-order chi connectivity index (χ0) is 15.2. The first-order valence-corrected chi connectivity index (χ1v) is 7.63. The number of nitrogens with zero attached hydrogens (tertiary/aromatic N) is 3. The molecule has 0 amide bonds. The topological polar surface area (TPSA) is 98.0 Å². The van der Waals surface area contributed by atoms with Gasteiger partial charge in [0.25, 0.3) is 0 Å². The van der Waals surface area contributed by atoms with Crippen molar-refractivity contribution in [2.24, 2.45) is 5.84 Å². The summed E-state index contributed by atoms with van der Waals surface area (Å²) in [5.74, 6) is 5.97. The molecule has 0 aliphatic rings. The second kappa shape index (κ2) is 7.09. The predicted molar refractivity (Wildman–Crippen MR) is 84.9 cm³/mol. The van der Waals surface area contributed by atoms with Crippen molar-refractivity contribution in [2.75, 3.05) is 17.0 Å². The molecule has 1 aromatic heterocycles. The summed E-state index contributed by atoms with van der Waals surface area (Å²) in [4.78, 5) is 13.6. The average molecular weight is 306 g/mol. The van der Waals surface area contributed by atoms with Crippen molar-refractivity contribution in [3.05, 3.63) is 24.3 Å². The Hall–Kier alpha value is -2.06. The van der Waals surface area contributed by atoms with E-state index in [9.17, 15) is 0 Å². The van der Waals surface area contributed by atoms with Gasteiger partial charge in [0.15, 0.2) is 0 Å². The molecule has 0 aliphatic carbocycles. The molecular formula is C13H18N6OS. The highest BCUT2D eigenvalue weighted by molar-refractivity contribution is 7.98. The van der Waals surface area contributed by atoms with Gasteiger partial charge in [0.05, 0.1) is 6.10 Å². The third-order valence-corrected chi connectivity index (χ3v) is 3.17. The Labute approximate surface area is 127 Å². The van der Waals surface area contributed by atoms with E-state index < -0.39 is 0 Å².